The summed E-state index contributed by atoms with van der Waals surface area (Å²) >= 11 is 0. The molecule has 0 saturated heterocycles. The zero-order valence-corrected chi connectivity index (χ0v) is 14.6. The molecule has 5 nitrogen and oxygen atoms in total. The third-order valence-electron chi connectivity index (χ3n) is 4.34. The van der Waals surface area contributed by atoms with Crippen LogP contribution in [-0.4, -0.2) is 25.0 Å². The lowest BCUT2D eigenvalue weighted by Crippen LogP contribution is -2.37. The van der Waals surface area contributed by atoms with E-state index in [2.05, 4.69) is 10.6 Å². The Kier molecular flexibility index (Phi) is 4.74. The predicted molar refractivity (Wildman–Crippen MR) is 96.8 cm³/mol. The highest BCUT2D eigenvalue weighted by Gasteiger charge is 2.40. The zero-order chi connectivity index (χ0) is 18.0. The second-order valence-electron chi connectivity index (χ2n) is 6.53. The largest absolute Gasteiger partial charge is 0.497 e. The van der Waals surface area contributed by atoms with Gasteiger partial charge in [0.25, 0.3) is 0 Å². The Labute approximate surface area is 147 Å². The van der Waals surface area contributed by atoms with E-state index in [0.29, 0.717) is 5.69 Å². The van der Waals surface area contributed by atoms with Crippen LogP contribution in [0.5, 0.6) is 5.75 Å². The summed E-state index contributed by atoms with van der Waals surface area (Å²) < 4.78 is 5.14. The highest BCUT2D eigenvalue weighted by Crippen LogP contribution is 2.41. The van der Waals surface area contributed by atoms with Crippen LogP contribution in [-0.2, 0) is 9.59 Å². The fourth-order valence-electron chi connectivity index (χ4n) is 3.04. The third kappa shape index (κ3) is 4.18. The number of hydrogen-bond donors (Lipinski definition) is 2. The highest BCUT2D eigenvalue weighted by molar-refractivity contribution is 6.39. The van der Waals surface area contributed by atoms with Gasteiger partial charge in [-0.25, -0.2) is 0 Å². The second-order valence-corrected chi connectivity index (χ2v) is 6.53. The number of aryl methyl sites for hydroxylation is 2. The van der Waals surface area contributed by atoms with Crippen LogP contribution in [0, 0.1) is 13.8 Å². The molecule has 2 aromatic carbocycles. The van der Waals surface area contributed by atoms with E-state index in [-0.39, 0.29) is 12.0 Å². The monoisotopic (exact) mass is 338 g/mol. The first kappa shape index (κ1) is 17.0. The van der Waals surface area contributed by atoms with Gasteiger partial charge in [0.15, 0.2) is 0 Å². The number of anilines is 1. The molecule has 2 N–H and O–H groups in total. The standard InChI is InChI=1S/C20H22N2O3/c1-12-8-13(2)10-15(9-12)21-19(23)20(24)22-18-11-17(18)14-4-6-16(25-3)7-5-14/h4-10,17-18H,11H2,1-3H3,(H,21,23)(H,22,24). The third-order valence-corrected chi connectivity index (χ3v) is 4.34. The molecule has 2 amide bonds. The first-order chi connectivity index (χ1) is 12.0. The van der Waals surface area contributed by atoms with Crippen LogP contribution in [0.4, 0.5) is 5.69 Å². The number of benzene rings is 2. The molecule has 25 heavy (non-hydrogen) atoms. The molecule has 5 heteroatoms. The molecule has 0 aromatic heterocycles. The van der Waals surface area contributed by atoms with Crippen molar-refractivity contribution in [1.82, 2.24) is 5.32 Å². The van der Waals surface area contributed by atoms with Crippen molar-refractivity contribution in [2.45, 2.75) is 32.2 Å². The lowest BCUT2D eigenvalue weighted by molar-refractivity contribution is -0.136. The summed E-state index contributed by atoms with van der Waals surface area (Å²) in [6.45, 7) is 3.90. The number of hydrogen-bond acceptors (Lipinski definition) is 3. The van der Waals surface area contributed by atoms with Gasteiger partial charge < -0.3 is 15.4 Å². The van der Waals surface area contributed by atoms with Gasteiger partial charge >= 0.3 is 11.8 Å². The van der Waals surface area contributed by atoms with Gasteiger partial charge in [-0.3, -0.25) is 9.59 Å². The number of methoxy groups -OCH3 is 1. The first-order valence-corrected chi connectivity index (χ1v) is 8.30. The SMILES string of the molecule is COc1ccc(C2CC2NC(=O)C(=O)Nc2cc(C)cc(C)c2)cc1. The molecule has 2 aromatic rings. The average molecular weight is 338 g/mol. The molecule has 0 aliphatic heterocycles. The van der Waals surface area contributed by atoms with Crippen LogP contribution in [0.2, 0.25) is 0 Å². The van der Waals surface area contributed by atoms with E-state index in [1.54, 1.807) is 7.11 Å². The van der Waals surface area contributed by atoms with Crippen LogP contribution >= 0.6 is 0 Å². The first-order valence-electron chi connectivity index (χ1n) is 8.30. The Morgan fingerprint density at radius 1 is 1.00 bits per heavy atom. The molecular formula is C20H22N2O3. The van der Waals surface area contributed by atoms with Crippen LogP contribution < -0.4 is 15.4 Å². The van der Waals surface area contributed by atoms with Gasteiger partial charge in [0.05, 0.1) is 7.11 Å². The molecular weight excluding hydrogens is 316 g/mol. The van der Waals surface area contributed by atoms with Crippen LogP contribution in [0.15, 0.2) is 42.5 Å². The van der Waals surface area contributed by atoms with E-state index in [0.717, 1.165) is 28.9 Å². The normalized spacial score (nSPS) is 18.4. The van der Waals surface area contributed by atoms with E-state index < -0.39 is 11.8 Å². The summed E-state index contributed by atoms with van der Waals surface area (Å²) in [5, 5.41) is 5.46. The minimum Gasteiger partial charge on any atom is -0.497 e. The van der Waals surface area contributed by atoms with E-state index >= 15 is 0 Å². The number of nitrogens with one attached hydrogen (secondary N) is 2. The summed E-state index contributed by atoms with van der Waals surface area (Å²) in [5.74, 6) is -0.174. The van der Waals surface area contributed by atoms with Crippen LogP contribution in [0.25, 0.3) is 0 Å². The fourth-order valence-corrected chi connectivity index (χ4v) is 3.04. The summed E-state index contributed by atoms with van der Waals surface area (Å²) in [6, 6.07) is 13.5. The summed E-state index contributed by atoms with van der Waals surface area (Å²) in [6.07, 6.45) is 0.842. The maximum atomic E-state index is 12.1. The van der Waals surface area contributed by atoms with Crippen molar-refractivity contribution in [3.8, 4) is 5.75 Å². The van der Waals surface area contributed by atoms with Gasteiger partial charge in [-0.1, -0.05) is 18.2 Å². The van der Waals surface area contributed by atoms with Gasteiger partial charge in [0, 0.05) is 17.6 Å². The molecule has 0 bridgehead atoms. The molecule has 1 saturated carbocycles. The molecule has 0 spiro atoms. The van der Waals surface area contributed by atoms with E-state index in [4.69, 9.17) is 4.74 Å². The number of ether oxygens (including phenoxy) is 1. The van der Waals surface area contributed by atoms with Crippen molar-refractivity contribution in [3.05, 3.63) is 59.2 Å². The minimum atomic E-state index is -0.634. The molecule has 1 aliphatic carbocycles. The summed E-state index contributed by atoms with van der Waals surface area (Å²) in [4.78, 5) is 24.2. The maximum absolute atomic E-state index is 12.1. The number of amides is 2. The van der Waals surface area contributed by atoms with E-state index in [1.807, 2.05) is 56.3 Å². The summed E-state index contributed by atoms with van der Waals surface area (Å²) in [7, 11) is 1.63. The van der Waals surface area contributed by atoms with Crippen LogP contribution in [0.1, 0.15) is 29.0 Å². The molecule has 1 fully saturated rings. The average Bonchev–Trinajstić information content (AvgIpc) is 3.33. The van der Waals surface area contributed by atoms with Gasteiger partial charge in [-0.2, -0.15) is 0 Å². The minimum absolute atomic E-state index is 0.00545. The molecule has 0 radical (unpaired) electrons. The molecule has 130 valence electrons. The smallest absolute Gasteiger partial charge is 0.313 e. The number of rotatable bonds is 4. The van der Waals surface area contributed by atoms with Gasteiger partial charge in [-0.15, -0.1) is 0 Å². The van der Waals surface area contributed by atoms with Gasteiger partial charge in [-0.05, 0) is 61.2 Å². The Morgan fingerprint density at radius 2 is 1.64 bits per heavy atom. The predicted octanol–water partition coefficient (Wildman–Crippen LogP) is 2.92. The van der Waals surface area contributed by atoms with Crippen molar-refractivity contribution in [3.63, 3.8) is 0 Å². The molecule has 2 unspecified atom stereocenters. The number of carbonyl (C=O) groups excluding carboxylic acids is 2. The second kappa shape index (κ2) is 6.97. The quantitative estimate of drug-likeness (QED) is 0.842. The lowest BCUT2D eigenvalue weighted by Gasteiger charge is -2.08. The van der Waals surface area contributed by atoms with E-state index in [1.165, 1.54) is 0 Å². The molecule has 0 heterocycles. The van der Waals surface area contributed by atoms with Crippen molar-refractivity contribution < 1.29 is 14.3 Å². The Hall–Kier alpha value is -2.82. The molecule has 2 atom stereocenters. The Balaban J connectivity index is 1.54. The van der Waals surface area contributed by atoms with Crippen molar-refractivity contribution in [2.75, 3.05) is 12.4 Å². The lowest BCUT2D eigenvalue weighted by atomic mass is 10.1. The van der Waals surface area contributed by atoms with Crippen molar-refractivity contribution in [1.29, 1.82) is 0 Å². The fraction of sp³-hybridized carbons (Fsp3) is 0.300. The highest BCUT2D eigenvalue weighted by atomic mass is 16.5. The van der Waals surface area contributed by atoms with Gasteiger partial charge in [0.2, 0.25) is 0 Å². The van der Waals surface area contributed by atoms with Crippen molar-refractivity contribution in [2.24, 2.45) is 0 Å². The topological polar surface area (TPSA) is 67.4 Å². The Bertz CT molecular complexity index is 779. The molecule has 1 aliphatic rings. The Morgan fingerprint density at radius 3 is 2.24 bits per heavy atom. The molecule has 3 rings (SSSR count). The zero-order valence-electron chi connectivity index (χ0n) is 14.6. The van der Waals surface area contributed by atoms with Crippen LogP contribution in [0.3, 0.4) is 0 Å². The maximum Gasteiger partial charge on any atom is 0.313 e. The summed E-state index contributed by atoms with van der Waals surface area (Å²) in [5.41, 5.74) is 3.86. The van der Waals surface area contributed by atoms with Gasteiger partial charge in [0.1, 0.15) is 5.75 Å². The number of carbonyl (C=O) groups is 2. The van der Waals surface area contributed by atoms with Crippen molar-refractivity contribution >= 4 is 17.5 Å². The van der Waals surface area contributed by atoms with E-state index in [9.17, 15) is 9.59 Å².